The molecule has 0 radical (unpaired) electrons. The van der Waals surface area contributed by atoms with Crippen molar-refractivity contribution in [2.45, 2.75) is 56.3 Å². The summed E-state index contributed by atoms with van der Waals surface area (Å²) < 4.78 is 69.5. The molecule has 1 unspecified atom stereocenters. The first kappa shape index (κ1) is 20.5. The van der Waals surface area contributed by atoms with Crippen LogP contribution in [-0.2, 0) is 19.0 Å². The molecule has 0 bridgehead atoms. The molecule has 1 saturated heterocycles. The molecule has 1 aromatic rings. The second-order valence-electron chi connectivity index (χ2n) is 7.27. The molecule has 1 aliphatic heterocycles. The van der Waals surface area contributed by atoms with Crippen molar-refractivity contribution in [3.05, 3.63) is 47.7 Å². The van der Waals surface area contributed by atoms with Gasteiger partial charge in [-0.05, 0) is 38.3 Å². The molecule has 0 aromatic heterocycles. The number of allylic oxidation sites excluding steroid dienone is 1. The first-order chi connectivity index (χ1) is 12.9. The number of cyclic esters (lactones) is 1. The van der Waals surface area contributed by atoms with Crippen LogP contribution in [0.25, 0.3) is 0 Å². The molecule has 2 aliphatic rings. The molecule has 1 heterocycles. The maximum absolute atomic E-state index is 12.5. The highest BCUT2D eigenvalue weighted by Gasteiger charge is 2.52. The van der Waals surface area contributed by atoms with E-state index in [0.717, 1.165) is 5.56 Å². The van der Waals surface area contributed by atoms with E-state index in [2.05, 4.69) is 4.18 Å². The molecule has 28 heavy (non-hydrogen) atoms. The Morgan fingerprint density at radius 3 is 2.39 bits per heavy atom. The standard InChI is InChI=1S/C18H20F3NO5S/c1-17(2)15(12-6-4-3-5-7-12)22(16(23)26-17)13-8-10-14(11-9-13)27-28(24,25)18(19,20)21/h3-7,10,13,15H,8-9,11H2,1-2H3/t13?,15-/m0/s1. The van der Waals surface area contributed by atoms with E-state index in [1.807, 2.05) is 30.3 Å². The Hall–Kier alpha value is -2.23. The first-order valence-electron chi connectivity index (χ1n) is 8.68. The number of alkyl halides is 3. The van der Waals surface area contributed by atoms with Crippen molar-refractivity contribution < 1.29 is 35.3 Å². The summed E-state index contributed by atoms with van der Waals surface area (Å²) in [6.07, 6.45) is 1.17. The highest BCUT2D eigenvalue weighted by molar-refractivity contribution is 7.87. The van der Waals surface area contributed by atoms with Crippen LogP contribution in [0.4, 0.5) is 18.0 Å². The molecular weight excluding hydrogens is 399 g/mol. The van der Waals surface area contributed by atoms with Crippen LogP contribution < -0.4 is 0 Å². The Kier molecular flexibility index (Phi) is 5.11. The van der Waals surface area contributed by atoms with Crippen LogP contribution in [0.5, 0.6) is 0 Å². The minimum absolute atomic E-state index is 0.0360. The van der Waals surface area contributed by atoms with Gasteiger partial charge in [-0.25, -0.2) is 4.79 Å². The summed E-state index contributed by atoms with van der Waals surface area (Å²) in [4.78, 5) is 14.1. The van der Waals surface area contributed by atoms with Crippen molar-refractivity contribution in [2.24, 2.45) is 0 Å². The maximum atomic E-state index is 12.5. The van der Waals surface area contributed by atoms with Gasteiger partial charge in [-0.3, -0.25) is 4.90 Å². The Bertz CT molecular complexity index is 880. The summed E-state index contributed by atoms with van der Waals surface area (Å²) in [5.74, 6) is -0.267. The number of hydrogen-bond donors (Lipinski definition) is 0. The number of benzene rings is 1. The second kappa shape index (κ2) is 6.98. The lowest BCUT2D eigenvalue weighted by Crippen LogP contribution is -2.41. The van der Waals surface area contributed by atoms with Crippen molar-refractivity contribution in [3.63, 3.8) is 0 Å². The van der Waals surface area contributed by atoms with Crippen LogP contribution >= 0.6 is 0 Å². The summed E-state index contributed by atoms with van der Waals surface area (Å²) >= 11 is 0. The lowest BCUT2D eigenvalue weighted by atomic mass is 9.89. The van der Waals surface area contributed by atoms with Gasteiger partial charge in [-0.1, -0.05) is 30.3 Å². The van der Waals surface area contributed by atoms with E-state index in [0.29, 0.717) is 0 Å². The number of carbonyl (C=O) groups is 1. The number of halogens is 3. The molecule has 1 fully saturated rings. The van der Waals surface area contributed by atoms with E-state index in [1.165, 1.54) is 6.08 Å². The Morgan fingerprint density at radius 1 is 1.21 bits per heavy atom. The minimum Gasteiger partial charge on any atom is -0.441 e. The van der Waals surface area contributed by atoms with E-state index >= 15 is 0 Å². The zero-order valence-corrected chi connectivity index (χ0v) is 16.1. The van der Waals surface area contributed by atoms with Gasteiger partial charge in [0.05, 0.1) is 6.04 Å². The topological polar surface area (TPSA) is 72.9 Å². The normalized spacial score (nSPS) is 25.2. The Morgan fingerprint density at radius 2 is 1.86 bits per heavy atom. The third-order valence-corrected chi connectivity index (χ3v) is 5.85. The van der Waals surface area contributed by atoms with Gasteiger partial charge in [-0.2, -0.15) is 21.6 Å². The fourth-order valence-electron chi connectivity index (χ4n) is 3.64. The van der Waals surface area contributed by atoms with E-state index in [1.54, 1.807) is 18.7 Å². The van der Waals surface area contributed by atoms with Gasteiger partial charge >= 0.3 is 21.7 Å². The Balaban J connectivity index is 1.80. The number of nitrogens with zero attached hydrogens (tertiary/aromatic N) is 1. The third-order valence-electron chi connectivity index (χ3n) is 4.85. The van der Waals surface area contributed by atoms with E-state index < -0.39 is 27.3 Å². The lowest BCUT2D eigenvalue weighted by molar-refractivity contribution is -0.0524. The van der Waals surface area contributed by atoms with Crippen LogP contribution in [0.15, 0.2) is 42.2 Å². The zero-order chi connectivity index (χ0) is 20.7. The number of carbonyl (C=O) groups excluding carboxylic acids is 1. The number of amides is 1. The van der Waals surface area contributed by atoms with Crippen molar-refractivity contribution in [3.8, 4) is 0 Å². The molecule has 154 valence electrons. The predicted molar refractivity (Wildman–Crippen MR) is 93.4 cm³/mol. The molecular formula is C18H20F3NO5S. The van der Waals surface area contributed by atoms with Crippen molar-refractivity contribution in [1.29, 1.82) is 0 Å². The SMILES string of the molecule is CC1(C)OC(=O)N(C2CC=C(OS(=O)(=O)C(F)(F)F)CC2)[C@H]1c1ccccc1. The quantitative estimate of drug-likeness (QED) is 0.539. The van der Waals surface area contributed by atoms with Crippen LogP contribution in [-0.4, -0.2) is 36.6 Å². The largest absolute Gasteiger partial charge is 0.534 e. The molecule has 1 amide bonds. The van der Waals surface area contributed by atoms with Crippen molar-refractivity contribution in [2.75, 3.05) is 0 Å². The third kappa shape index (κ3) is 3.82. The number of ether oxygens (including phenoxy) is 1. The number of hydrogen-bond acceptors (Lipinski definition) is 5. The molecule has 2 atom stereocenters. The van der Waals surface area contributed by atoms with Gasteiger partial charge in [-0.15, -0.1) is 0 Å². The summed E-state index contributed by atoms with van der Waals surface area (Å²) in [5, 5.41) is 0. The van der Waals surface area contributed by atoms with Crippen LogP contribution in [0.3, 0.4) is 0 Å². The monoisotopic (exact) mass is 419 g/mol. The highest BCUT2D eigenvalue weighted by atomic mass is 32.2. The summed E-state index contributed by atoms with van der Waals surface area (Å²) in [7, 11) is -5.69. The average molecular weight is 419 g/mol. The van der Waals surface area contributed by atoms with Gasteiger partial charge in [0.25, 0.3) is 0 Å². The molecule has 10 heteroatoms. The predicted octanol–water partition coefficient (Wildman–Crippen LogP) is 4.26. The first-order valence-corrected chi connectivity index (χ1v) is 10.1. The van der Waals surface area contributed by atoms with Crippen LogP contribution in [0.2, 0.25) is 0 Å². The zero-order valence-electron chi connectivity index (χ0n) is 15.3. The van der Waals surface area contributed by atoms with E-state index in [9.17, 15) is 26.4 Å². The highest BCUT2D eigenvalue weighted by Crippen LogP contribution is 2.44. The second-order valence-corrected chi connectivity index (χ2v) is 8.81. The fraction of sp³-hybridized carbons (Fsp3) is 0.500. The van der Waals surface area contributed by atoms with Crippen molar-refractivity contribution >= 4 is 16.2 Å². The maximum Gasteiger partial charge on any atom is 0.534 e. The minimum atomic E-state index is -5.69. The molecule has 0 saturated carbocycles. The van der Waals surface area contributed by atoms with Gasteiger partial charge in [0.1, 0.15) is 11.4 Å². The van der Waals surface area contributed by atoms with Gasteiger partial charge in [0.2, 0.25) is 0 Å². The summed E-state index contributed by atoms with van der Waals surface area (Å²) in [6.45, 7) is 3.59. The van der Waals surface area contributed by atoms with Crippen molar-refractivity contribution in [1.82, 2.24) is 4.90 Å². The van der Waals surface area contributed by atoms with Gasteiger partial charge in [0, 0.05) is 12.5 Å². The van der Waals surface area contributed by atoms with Crippen LogP contribution in [0.1, 0.15) is 44.7 Å². The number of rotatable bonds is 4. The van der Waals surface area contributed by atoms with Crippen LogP contribution in [0, 0.1) is 0 Å². The summed E-state index contributed by atoms with van der Waals surface area (Å²) in [6, 6.07) is 8.59. The molecule has 3 rings (SSSR count). The smallest absolute Gasteiger partial charge is 0.441 e. The molecule has 6 nitrogen and oxygen atoms in total. The molecule has 1 aliphatic carbocycles. The van der Waals surface area contributed by atoms with Gasteiger partial charge < -0.3 is 8.92 Å². The Labute approximate surface area is 161 Å². The molecule has 0 spiro atoms. The molecule has 0 N–H and O–H groups in total. The molecule has 1 aromatic carbocycles. The average Bonchev–Trinajstić information content (AvgIpc) is 2.83. The van der Waals surface area contributed by atoms with E-state index in [-0.39, 0.29) is 37.1 Å². The fourth-order valence-corrected chi connectivity index (χ4v) is 4.17. The van der Waals surface area contributed by atoms with Gasteiger partial charge in [0.15, 0.2) is 0 Å². The van der Waals surface area contributed by atoms with E-state index in [4.69, 9.17) is 4.74 Å². The lowest BCUT2D eigenvalue weighted by Gasteiger charge is -2.35. The summed E-state index contributed by atoms with van der Waals surface area (Å²) in [5.41, 5.74) is -5.39.